The number of rotatable bonds is 4. The van der Waals surface area contributed by atoms with E-state index >= 15 is 0 Å². The zero-order valence-corrected chi connectivity index (χ0v) is 9.23. The van der Waals surface area contributed by atoms with Gasteiger partial charge in [0.15, 0.2) is 0 Å². The highest BCUT2D eigenvalue weighted by atomic mass is 16.1. The van der Waals surface area contributed by atoms with E-state index in [1.54, 1.807) is 6.08 Å². The molecule has 0 N–H and O–H groups in total. The summed E-state index contributed by atoms with van der Waals surface area (Å²) in [6.07, 6.45) is 3.05. The van der Waals surface area contributed by atoms with E-state index in [9.17, 15) is 9.59 Å². The molecule has 4 heteroatoms. The van der Waals surface area contributed by atoms with Gasteiger partial charge in [-0.2, -0.15) is 4.99 Å². The maximum Gasteiger partial charge on any atom is 0.235 e. The van der Waals surface area contributed by atoms with Crippen LogP contribution in [0.5, 0.6) is 0 Å². The van der Waals surface area contributed by atoms with Gasteiger partial charge in [0.25, 0.3) is 0 Å². The lowest BCUT2D eigenvalue weighted by molar-refractivity contribution is 0.559. The van der Waals surface area contributed by atoms with E-state index in [-0.39, 0.29) is 6.04 Å². The van der Waals surface area contributed by atoms with Crippen LogP contribution in [0.25, 0.3) is 0 Å². The van der Waals surface area contributed by atoms with E-state index in [0.29, 0.717) is 6.54 Å². The second-order valence-electron chi connectivity index (χ2n) is 3.44. The van der Waals surface area contributed by atoms with Crippen LogP contribution in [-0.2, 0) is 16.1 Å². The molecular formula is C12H12N2O2. The Balaban J connectivity index is 3.12. The third kappa shape index (κ3) is 2.74. The predicted octanol–water partition coefficient (Wildman–Crippen LogP) is 2.23. The summed E-state index contributed by atoms with van der Waals surface area (Å²) in [6, 6.07) is 5.42. The Morgan fingerprint density at radius 3 is 2.69 bits per heavy atom. The Morgan fingerprint density at radius 1 is 1.31 bits per heavy atom. The van der Waals surface area contributed by atoms with Gasteiger partial charge in [-0.25, -0.2) is 14.6 Å². The second kappa shape index (κ2) is 5.76. The molecule has 0 amide bonds. The Hall–Kier alpha value is -2.02. The van der Waals surface area contributed by atoms with Crippen molar-refractivity contribution in [1.82, 2.24) is 0 Å². The molecule has 0 heterocycles. The van der Waals surface area contributed by atoms with Crippen molar-refractivity contribution in [2.45, 2.75) is 26.4 Å². The zero-order chi connectivity index (χ0) is 12.0. The number of nitrogens with zero attached hydrogens (tertiary/aromatic N) is 2. The van der Waals surface area contributed by atoms with Crippen LogP contribution in [0.1, 0.15) is 29.7 Å². The molecule has 0 saturated carbocycles. The summed E-state index contributed by atoms with van der Waals surface area (Å²) in [5.41, 5.74) is 2.88. The lowest BCUT2D eigenvalue weighted by Crippen LogP contribution is -1.97. The van der Waals surface area contributed by atoms with Crippen LogP contribution in [0.2, 0.25) is 0 Å². The first-order valence-corrected chi connectivity index (χ1v) is 4.89. The molecule has 0 bridgehead atoms. The van der Waals surface area contributed by atoms with Gasteiger partial charge >= 0.3 is 0 Å². The van der Waals surface area contributed by atoms with Crippen LogP contribution >= 0.6 is 0 Å². The molecule has 16 heavy (non-hydrogen) atoms. The maximum atomic E-state index is 10.2. The van der Waals surface area contributed by atoms with Gasteiger partial charge in [-0.1, -0.05) is 18.2 Å². The van der Waals surface area contributed by atoms with Gasteiger partial charge < -0.3 is 0 Å². The maximum absolute atomic E-state index is 10.2. The average Bonchev–Trinajstić information content (AvgIpc) is 2.28. The third-order valence-electron chi connectivity index (χ3n) is 2.50. The van der Waals surface area contributed by atoms with Gasteiger partial charge in [-0.15, -0.1) is 0 Å². The SMILES string of the molecule is Cc1c(CN=C=O)cccc1C(C)N=C=O. The molecular weight excluding hydrogens is 204 g/mol. The molecule has 1 aromatic carbocycles. The lowest BCUT2D eigenvalue weighted by Gasteiger charge is -2.11. The molecule has 0 radical (unpaired) electrons. The topological polar surface area (TPSA) is 58.9 Å². The number of hydrogen-bond acceptors (Lipinski definition) is 4. The van der Waals surface area contributed by atoms with E-state index in [2.05, 4.69) is 9.98 Å². The number of carbonyl (C=O) groups excluding carboxylic acids is 2. The van der Waals surface area contributed by atoms with Gasteiger partial charge in [0.2, 0.25) is 12.2 Å². The summed E-state index contributed by atoms with van der Waals surface area (Å²) in [4.78, 5) is 27.4. The lowest BCUT2D eigenvalue weighted by atomic mass is 9.98. The quantitative estimate of drug-likeness (QED) is 0.572. The van der Waals surface area contributed by atoms with Crippen molar-refractivity contribution in [3.63, 3.8) is 0 Å². The molecule has 0 aliphatic rings. The van der Waals surface area contributed by atoms with Crippen molar-refractivity contribution in [3.05, 3.63) is 34.9 Å². The van der Waals surface area contributed by atoms with Crippen LogP contribution in [0.3, 0.4) is 0 Å². The fourth-order valence-electron chi connectivity index (χ4n) is 1.59. The van der Waals surface area contributed by atoms with Crippen molar-refractivity contribution >= 4 is 12.2 Å². The highest BCUT2D eigenvalue weighted by Gasteiger charge is 2.09. The molecule has 0 aromatic heterocycles. The van der Waals surface area contributed by atoms with Crippen LogP contribution in [0.4, 0.5) is 0 Å². The van der Waals surface area contributed by atoms with E-state index in [0.717, 1.165) is 16.7 Å². The van der Waals surface area contributed by atoms with Gasteiger partial charge in [0, 0.05) is 0 Å². The van der Waals surface area contributed by atoms with Gasteiger partial charge in [0.05, 0.1) is 12.6 Å². The highest BCUT2D eigenvalue weighted by Crippen LogP contribution is 2.23. The Morgan fingerprint density at radius 2 is 2.06 bits per heavy atom. The molecule has 0 aliphatic heterocycles. The van der Waals surface area contributed by atoms with E-state index in [1.165, 1.54) is 6.08 Å². The minimum Gasteiger partial charge on any atom is -0.211 e. The largest absolute Gasteiger partial charge is 0.235 e. The Kier molecular flexibility index (Phi) is 4.34. The van der Waals surface area contributed by atoms with Crippen molar-refractivity contribution < 1.29 is 9.59 Å². The molecule has 1 unspecified atom stereocenters. The summed E-state index contributed by atoms with van der Waals surface area (Å²) in [5.74, 6) is 0. The van der Waals surface area contributed by atoms with Crippen molar-refractivity contribution in [2.75, 3.05) is 0 Å². The Labute approximate surface area is 93.7 Å². The number of hydrogen-bond donors (Lipinski definition) is 0. The van der Waals surface area contributed by atoms with Gasteiger partial charge in [-0.05, 0) is 30.5 Å². The smallest absolute Gasteiger partial charge is 0.211 e. The molecule has 4 nitrogen and oxygen atoms in total. The fraction of sp³-hybridized carbons (Fsp3) is 0.333. The first kappa shape index (κ1) is 12.1. The Bertz CT molecular complexity index is 470. The third-order valence-corrected chi connectivity index (χ3v) is 2.50. The van der Waals surface area contributed by atoms with Crippen molar-refractivity contribution in [1.29, 1.82) is 0 Å². The van der Waals surface area contributed by atoms with Crippen LogP contribution in [0, 0.1) is 6.92 Å². The van der Waals surface area contributed by atoms with Crippen LogP contribution in [-0.4, -0.2) is 12.2 Å². The van der Waals surface area contributed by atoms with Crippen molar-refractivity contribution in [2.24, 2.45) is 9.98 Å². The number of benzene rings is 1. The van der Waals surface area contributed by atoms with E-state index < -0.39 is 0 Å². The molecule has 82 valence electrons. The second-order valence-corrected chi connectivity index (χ2v) is 3.44. The summed E-state index contributed by atoms with van der Waals surface area (Å²) >= 11 is 0. The van der Waals surface area contributed by atoms with Crippen molar-refractivity contribution in [3.8, 4) is 0 Å². The molecule has 0 aliphatic carbocycles. The summed E-state index contributed by atoms with van der Waals surface area (Å²) < 4.78 is 0. The molecule has 1 atom stereocenters. The van der Waals surface area contributed by atoms with Gasteiger partial charge in [-0.3, -0.25) is 0 Å². The first-order chi connectivity index (χ1) is 7.70. The monoisotopic (exact) mass is 216 g/mol. The zero-order valence-electron chi connectivity index (χ0n) is 9.23. The molecule has 1 rings (SSSR count). The van der Waals surface area contributed by atoms with Crippen LogP contribution in [0.15, 0.2) is 28.2 Å². The number of aliphatic imine (C=N–C) groups is 2. The average molecular weight is 216 g/mol. The van der Waals surface area contributed by atoms with E-state index in [4.69, 9.17) is 0 Å². The van der Waals surface area contributed by atoms with Crippen LogP contribution < -0.4 is 0 Å². The number of isocyanates is 2. The molecule has 0 fully saturated rings. The highest BCUT2D eigenvalue weighted by molar-refractivity contribution is 5.41. The normalized spacial score (nSPS) is 11.1. The minimum absolute atomic E-state index is 0.224. The minimum atomic E-state index is -0.224. The summed E-state index contributed by atoms with van der Waals surface area (Å²) in [7, 11) is 0. The molecule has 0 spiro atoms. The first-order valence-electron chi connectivity index (χ1n) is 4.89. The van der Waals surface area contributed by atoms with E-state index in [1.807, 2.05) is 32.0 Å². The standard InChI is InChI=1S/C12H12N2O2/c1-9-11(6-13-7-15)4-3-5-12(9)10(2)14-8-16/h3-5,10H,6H2,1-2H3. The fourth-order valence-corrected chi connectivity index (χ4v) is 1.59. The molecule has 0 saturated heterocycles. The van der Waals surface area contributed by atoms with Gasteiger partial charge in [0.1, 0.15) is 0 Å². The predicted molar refractivity (Wildman–Crippen MR) is 59.5 cm³/mol. The summed E-state index contributed by atoms with van der Waals surface area (Å²) in [5, 5.41) is 0. The summed E-state index contributed by atoms with van der Waals surface area (Å²) in [6.45, 7) is 4.04. The molecule has 1 aromatic rings.